The third-order valence-corrected chi connectivity index (χ3v) is 5.71. The summed E-state index contributed by atoms with van der Waals surface area (Å²) in [5.74, 6) is -2.43. The Morgan fingerprint density at radius 2 is 1.75 bits per heavy atom. The topological polar surface area (TPSA) is 90.0 Å². The Morgan fingerprint density at radius 3 is 2.38 bits per heavy atom. The highest BCUT2D eigenvalue weighted by Crippen LogP contribution is 2.36. The van der Waals surface area contributed by atoms with Gasteiger partial charge in [0.1, 0.15) is 18.9 Å². The predicted octanol–water partition coefficient (Wildman–Crippen LogP) is 3.93. The van der Waals surface area contributed by atoms with Crippen LogP contribution in [-0.4, -0.2) is 48.2 Å². The Bertz CT molecular complexity index is 962. The van der Waals surface area contributed by atoms with E-state index in [0.717, 1.165) is 5.56 Å². The van der Waals surface area contributed by atoms with Crippen LogP contribution in [0, 0.1) is 11.8 Å². The zero-order valence-corrected chi connectivity index (χ0v) is 18.4. The number of ketones is 1. The van der Waals surface area contributed by atoms with Crippen LogP contribution in [0.15, 0.2) is 54.6 Å². The van der Waals surface area contributed by atoms with Crippen molar-refractivity contribution < 1.29 is 28.7 Å². The summed E-state index contributed by atoms with van der Waals surface area (Å²) < 4.78 is 10.6. The van der Waals surface area contributed by atoms with Crippen molar-refractivity contribution >= 4 is 35.7 Å². The first-order chi connectivity index (χ1) is 15.5. The maximum atomic E-state index is 13.2. The van der Waals surface area contributed by atoms with Crippen molar-refractivity contribution in [1.82, 2.24) is 4.90 Å². The van der Waals surface area contributed by atoms with Crippen LogP contribution in [-0.2, 0) is 25.7 Å². The number of ether oxygens (including phenoxy) is 2. The largest absolute Gasteiger partial charge is 0.464 e. The molecule has 1 aliphatic heterocycles. The van der Waals surface area contributed by atoms with E-state index in [0.29, 0.717) is 16.9 Å². The Hall–Kier alpha value is -3.19. The smallest absolute Gasteiger partial charge is 0.410 e. The van der Waals surface area contributed by atoms with E-state index >= 15 is 0 Å². The first-order valence-corrected chi connectivity index (χ1v) is 10.7. The molecule has 0 saturated carbocycles. The van der Waals surface area contributed by atoms with E-state index < -0.39 is 29.9 Å². The van der Waals surface area contributed by atoms with Gasteiger partial charge in [-0.2, -0.15) is 0 Å². The molecule has 0 bridgehead atoms. The maximum absolute atomic E-state index is 13.2. The molecule has 2 aromatic carbocycles. The molecular formula is C24H24ClNO6. The van der Waals surface area contributed by atoms with Gasteiger partial charge in [0.15, 0.2) is 5.78 Å². The van der Waals surface area contributed by atoms with Gasteiger partial charge in [-0.3, -0.25) is 9.69 Å². The number of carbonyl (C=O) groups excluding carboxylic acids is 4. The number of likely N-dealkylation sites (tertiary alicyclic amines) is 1. The number of amides is 1. The minimum atomic E-state index is -1.09. The highest BCUT2D eigenvalue weighted by molar-refractivity contribution is 6.30. The van der Waals surface area contributed by atoms with Crippen LogP contribution in [0.25, 0.3) is 0 Å². The highest BCUT2D eigenvalue weighted by Gasteiger charge is 2.51. The minimum Gasteiger partial charge on any atom is -0.464 e. The van der Waals surface area contributed by atoms with E-state index in [1.54, 1.807) is 31.2 Å². The number of hydrogen-bond acceptors (Lipinski definition) is 6. The number of aldehydes is 1. The molecule has 0 N–H and O–H groups in total. The van der Waals surface area contributed by atoms with Gasteiger partial charge in [-0.25, -0.2) is 9.59 Å². The second-order valence-corrected chi connectivity index (χ2v) is 7.87. The molecule has 0 radical (unpaired) electrons. The van der Waals surface area contributed by atoms with E-state index in [1.165, 1.54) is 4.90 Å². The van der Waals surface area contributed by atoms with Crippen LogP contribution in [0.4, 0.5) is 4.79 Å². The molecule has 1 heterocycles. The summed E-state index contributed by atoms with van der Waals surface area (Å²) in [6.07, 6.45) is -0.164. The summed E-state index contributed by atoms with van der Waals surface area (Å²) in [4.78, 5) is 51.5. The van der Waals surface area contributed by atoms with E-state index in [9.17, 15) is 19.2 Å². The Labute approximate surface area is 191 Å². The molecule has 7 nitrogen and oxygen atoms in total. The van der Waals surface area contributed by atoms with Gasteiger partial charge >= 0.3 is 12.1 Å². The number of benzene rings is 2. The minimum absolute atomic E-state index is 0.0138. The molecule has 1 fully saturated rings. The van der Waals surface area contributed by atoms with Crippen LogP contribution < -0.4 is 0 Å². The molecular weight excluding hydrogens is 434 g/mol. The lowest BCUT2D eigenvalue weighted by Gasteiger charge is -2.25. The van der Waals surface area contributed by atoms with Gasteiger partial charge in [0, 0.05) is 35.4 Å². The SMILES string of the molecule is CCOC(=O)[C@@H]1[C@@H](CC=O)[C@@H](C(=O)c2ccc(Cl)cc2)CN1C(=O)OCc1ccccc1. The highest BCUT2D eigenvalue weighted by atomic mass is 35.5. The zero-order valence-electron chi connectivity index (χ0n) is 17.6. The van der Waals surface area contributed by atoms with E-state index in [4.69, 9.17) is 21.1 Å². The molecule has 0 spiro atoms. The molecule has 1 amide bonds. The number of carbonyl (C=O) groups is 4. The number of Topliss-reactive ketones (excluding diaryl/α,β-unsaturated/α-hetero) is 1. The number of halogens is 1. The normalized spacial score (nSPS) is 19.9. The third-order valence-electron chi connectivity index (χ3n) is 5.45. The summed E-state index contributed by atoms with van der Waals surface area (Å²) in [5.41, 5.74) is 1.17. The van der Waals surface area contributed by atoms with Crippen molar-refractivity contribution in [2.75, 3.05) is 13.2 Å². The number of nitrogens with zero attached hydrogens (tertiary/aromatic N) is 1. The molecule has 0 unspecified atom stereocenters. The van der Waals surface area contributed by atoms with Crippen molar-refractivity contribution in [2.45, 2.75) is 26.0 Å². The van der Waals surface area contributed by atoms with Gasteiger partial charge in [-0.15, -0.1) is 0 Å². The Balaban J connectivity index is 1.86. The zero-order chi connectivity index (χ0) is 23.1. The molecule has 1 saturated heterocycles. The average molecular weight is 458 g/mol. The van der Waals surface area contributed by atoms with Crippen LogP contribution in [0.5, 0.6) is 0 Å². The summed E-state index contributed by atoms with van der Waals surface area (Å²) in [6.45, 7) is 1.71. The van der Waals surface area contributed by atoms with Crippen molar-refractivity contribution in [3.05, 3.63) is 70.7 Å². The fourth-order valence-electron chi connectivity index (χ4n) is 3.94. The molecule has 3 rings (SSSR count). The summed E-state index contributed by atoms with van der Waals surface area (Å²) >= 11 is 5.92. The third kappa shape index (κ3) is 5.34. The van der Waals surface area contributed by atoms with Crippen molar-refractivity contribution in [2.24, 2.45) is 11.8 Å². The van der Waals surface area contributed by atoms with Gasteiger partial charge in [-0.05, 0) is 36.8 Å². The predicted molar refractivity (Wildman–Crippen MR) is 117 cm³/mol. The number of rotatable bonds is 8. The quantitative estimate of drug-likeness (QED) is 0.339. The molecule has 2 aromatic rings. The number of hydrogen-bond donors (Lipinski definition) is 0. The molecule has 3 atom stereocenters. The molecule has 8 heteroatoms. The molecule has 168 valence electrons. The van der Waals surface area contributed by atoms with E-state index in [1.807, 2.05) is 30.3 Å². The van der Waals surface area contributed by atoms with Crippen molar-refractivity contribution in [3.8, 4) is 0 Å². The Morgan fingerprint density at radius 1 is 1.06 bits per heavy atom. The van der Waals surface area contributed by atoms with Gasteiger partial charge in [-0.1, -0.05) is 41.9 Å². The van der Waals surface area contributed by atoms with Crippen LogP contribution >= 0.6 is 11.6 Å². The second-order valence-electron chi connectivity index (χ2n) is 7.43. The average Bonchev–Trinajstić information content (AvgIpc) is 3.18. The molecule has 32 heavy (non-hydrogen) atoms. The van der Waals surface area contributed by atoms with Crippen LogP contribution in [0.3, 0.4) is 0 Å². The van der Waals surface area contributed by atoms with Gasteiger partial charge in [0.25, 0.3) is 0 Å². The maximum Gasteiger partial charge on any atom is 0.410 e. The molecule has 0 aliphatic carbocycles. The lowest BCUT2D eigenvalue weighted by molar-refractivity contribution is -0.149. The molecule has 1 aliphatic rings. The first kappa shape index (κ1) is 23.5. The van der Waals surface area contributed by atoms with Crippen LogP contribution in [0.2, 0.25) is 5.02 Å². The monoisotopic (exact) mass is 457 g/mol. The van der Waals surface area contributed by atoms with Crippen LogP contribution in [0.1, 0.15) is 29.3 Å². The van der Waals surface area contributed by atoms with Gasteiger partial charge in [0.05, 0.1) is 6.61 Å². The lowest BCUT2D eigenvalue weighted by atomic mass is 9.83. The summed E-state index contributed by atoms with van der Waals surface area (Å²) in [7, 11) is 0. The lowest BCUT2D eigenvalue weighted by Crippen LogP contribution is -2.44. The fraction of sp³-hybridized carbons (Fsp3) is 0.333. The molecule has 0 aromatic heterocycles. The Kier molecular flexibility index (Phi) is 8.00. The van der Waals surface area contributed by atoms with Gasteiger partial charge in [0.2, 0.25) is 0 Å². The van der Waals surface area contributed by atoms with Crippen molar-refractivity contribution in [1.29, 1.82) is 0 Å². The second kappa shape index (κ2) is 10.9. The van der Waals surface area contributed by atoms with Crippen molar-refractivity contribution in [3.63, 3.8) is 0 Å². The fourth-order valence-corrected chi connectivity index (χ4v) is 4.07. The standard InChI is InChI=1S/C24H24ClNO6/c1-2-31-23(29)21-19(12-13-27)20(22(28)17-8-10-18(25)11-9-17)14-26(21)24(30)32-15-16-6-4-3-5-7-16/h3-11,13,19-21H,2,12,14-15H2,1H3/t19-,20-,21-/m0/s1. The van der Waals surface area contributed by atoms with Gasteiger partial charge < -0.3 is 14.3 Å². The number of esters is 1. The first-order valence-electron chi connectivity index (χ1n) is 10.3. The van der Waals surface area contributed by atoms with E-state index in [2.05, 4.69) is 0 Å². The summed E-state index contributed by atoms with van der Waals surface area (Å²) in [5, 5.41) is 0.480. The summed E-state index contributed by atoms with van der Waals surface area (Å²) in [6, 6.07) is 14.4. The van der Waals surface area contributed by atoms with E-state index in [-0.39, 0.29) is 32.0 Å².